The highest BCUT2D eigenvalue weighted by Gasteiger charge is 2.16. The number of anilines is 10. The van der Waals surface area contributed by atoms with Gasteiger partial charge >= 0.3 is 0 Å². The van der Waals surface area contributed by atoms with Gasteiger partial charge in [-0.1, -0.05) is 176 Å². The molecule has 0 aliphatic rings. The summed E-state index contributed by atoms with van der Waals surface area (Å²) < 4.78 is 10.7. The van der Waals surface area contributed by atoms with Gasteiger partial charge in [-0.3, -0.25) is 0 Å². The third kappa shape index (κ3) is 12.5. The molecule has 6 nitrogen and oxygen atoms in total. The Balaban J connectivity index is 0.000000172. The number of rotatable bonds is 16. The minimum Gasteiger partial charge on any atom is -0.497 e. The first kappa shape index (κ1) is 53.4. The zero-order valence-corrected chi connectivity index (χ0v) is 46.6. The number of nitrogens with zero attached hydrogens (tertiary/aromatic N) is 4. The molecule has 0 atom stereocenters. The lowest BCUT2D eigenvalue weighted by Gasteiger charge is -2.26. The third-order valence-electron chi connectivity index (χ3n) is 14.8. The fourth-order valence-corrected chi connectivity index (χ4v) is 10.2. The first-order valence-electron chi connectivity index (χ1n) is 27.6. The van der Waals surface area contributed by atoms with E-state index in [1.807, 2.05) is 42.5 Å². The monoisotopic (exact) mass is 1060 g/mol. The van der Waals surface area contributed by atoms with Crippen LogP contribution >= 0.6 is 0 Å². The fraction of sp³-hybridized carbons (Fsp3) is 0.0526. The number of benzene rings is 12. The van der Waals surface area contributed by atoms with Crippen molar-refractivity contribution in [2.45, 2.75) is 0 Å². The quantitative estimate of drug-likeness (QED) is 0.0959. The Morgan fingerprint density at radius 2 is 0.427 bits per heavy atom. The van der Waals surface area contributed by atoms with Crippen LogP contribution < -0.4 is 29.1 Å². The van der Waals surface area contributed by atoms with Crippen LogP contribution in [0.2, 0.25) is 0 Å². The Bertz CT molecular complexity index is 3900. The molecule has 0 aromatic heterocycles. The third-order valence-corrected chi connectivity index (χ3v) is 14.8. The molecule has 0 saturated carbocycles. The van der Waals surface area contributed by atoms with E-state index in [1.54, 1.807) is 14.2 Å². The normalized spacial score (nSPS) is 10.7. The molecule has 6 heteroatoms. The van der Waals surface area contributed by atoms with Crippen LogP contribution in [0.1, 0.15) is 0 Å². The molecule has 0 unspecified atom stereocenters. The number of hydrogen-bond acceptors (Lipinski definition) is 6. The lowest BCUT2D eigenvalue weighted by molar-refractivity contribution is 0.415. The molecule has 82 heavy (non-hydrogen) atoms. The summed E-state index contributed by atoms with van der Waals surface area (Å²) in [5.74, 6) is 1.71. The second-order valence-corrected chi connectivity index (χ2v) is 19.9. The highest BCUT2D eigenvalue weighted by molar-refractivity contribution is 5.82. The molecule has 0 aliphatic heterocycles. The molecule has 0 saturated heterocycles. The SMILES string of the molecule is COc1ccc(N(C)c2ccc(-c3ccc(N(c4ccccc4)c4ccc(-c5ccccc5)cc4)cc3)cc2)cc1.COc1cccc(N(C)c2ccc(-c3ccc(N(c4ccccc4)c4ccc(-c5ccccc5)cc4)cc3)cc2)c1. The number of para-hydroxylation sites is 2. The van der Waals surface area contributed by atoms with Crippen LogP contribution in [0.15, 0.2) is 315 Å². The van der Waals surface area contributed by atoms with Crippen molar-refractivity contribution in [2.75, 3.05) is 47.9 Å². The maximum Gasteiger partial charge on any atom is 0.120 e. The van der Waals surface area contributed by atoms with Crippen LogP contribution in [0.4, 0.5) is 56.9 Å². The van der Waals surface area contributed by atoms with Gasteiger partial charge in [-0.25, -0.2) is 0 Å². The van der Waals surface area contributed by atoms with Crippen molar-refractivity contribution < 1.29 is 9.47 Å². The summed E-state index contributed by atoms with van der Waals surface area (Å²) in [5.41, 5.74) is 20.7. The molecule has 400 valence electrons. The van der Waals surface area contributed by atoms with Gasteiger partial charge in [0.25, 0.3) is 0 Å². The Labute approximate surface area is 483 Å². The van der Waals surface area contributed by atoms with Crippen molar-refractivity contribution in [1.29, 1.82) is 0 Å². The van der Waals surface area contributed by atoms with Gasteiger partial charge in [-0.2, -0.15) is 0 Å². The standard InChI is InChI=1S/2C38H32N2O/c1-39(37-14-9-15-38(28-37)41-2)33-22-16-31(17-23-33)32-20-26-36(27-21-32)40(34-12-7-4-8-13-34)35-24-18-30(19-25-35)29-10-5-3-6-11-29;1-39(34-25-27-38(41-2)28-26-34)33-19-13-31(14-20-33)32-17-23-37(24-18-32)40(35-11-7-4-8-12-35)36-21-15-30(16-22-36)29-9-5-3-6-10-29/h2*3-28H,1-2H3. The van der Waals surface area contributed by atoms with E-state index >= 15 is 0 Å². The van der Waals surface area contributed by atoms with Gasteiger partial charge in [-0.05, 0) is 178 Å². The van der Waals surface area contributed by atoms with E-state index in [1.165, 1.54) is 44.5 Å². The Kier molecular flexibility index (Phi) is 16.6. The minimum absolute atomic E-state index is 0.850. The predicted octanol–water partition coefficient (Wildman–Crippen LogP) is 20.5. The topological polar surface area (TPSA) is 31.4 Å². The molecule has 0 radical (unpaired) electrons. The lowest BCUT2D eigenvalue weighted by Crippen LogP contribution is -2.09. The van der Waals surface area contributed by atoms with Crippen molar-refractivity contribution in [3.63, 3.8) is 0 Å². The first-order chi connectivity index (χ1) is 40.4. The Hall–Kier alpha value is -10.6. The highest BCUT2D eigenvalue weighted by atomic mass is 16.5. The van der Waals surface area contributed by atoms with Crippen molar-refractivity contribution in [2.24, 2.45) is 0 Å². The first-order valence-corrected chi connectivity index (χ1v) is 27.6. The van der Waals surface area contributed by atoms with Crippen LogP contribution in [-0.2, 0) is 0 Å². The predicted molar refractivity (Wildman–Crippen MR) is 346 cm³/mol. The van der Waals surface area contributed by atoms with E-state index in [0.29, 0.717) is 0 Å². The number of methoxy groups -OCH3 is 2. The van der Waals surface area contributed by atoms with Gasteiger partial charge in [0, 0.05) is 77.0 Å². The molecule has 0 N–H and O–H groups in total. The number of hydrogen-bond donors (Lipinski definition) is 0. The van der Waals surface area contributed by atoms with Crippen LogP contribution in [0.25, 0.3) is 44.5 Å². The molecule has 0 fully saturated rings. The van der Waals surface area contributed by atoms with Gasteiger partial charge in [0.05, 0.1) is 14.2 Å². The van der Waals surface area contributed by atoms with Crippen molar-refractivity contribution in [1.82, 2.24) is 0 Å². The molecule has 12 aromatic carbocycles. The summed E-state index contributed by atoms with van der Waals surface area (Å²) in [6, 6.07) is 111. The molecule has 0 spiro atoms. The summed E-state index contributed by atoms with van der Waals surface area (Å²) in [6.45, 7) is 0. The summed E-state index contributed by atoms with van der Waals surface area (Å²) in [5, 5.41) is 0. The number of ether oxygens (including phenoxy) is 2. The largest absolute Gasteiger partial charge is 0.497 e. The van der Waals surface area contributed by atoms with Gasteiger partial charge < -0.3 is 29.1 Å². The zero-order valence-electron chi connectivity index (χ0n) is 46.6. The van der Waals surface area contributed by atoms with Crippen LogP contribution in [-0.4, -0.2) is 28.3 Å². The second-order valence-electron chi connectivity index (χ2n) is 19.9. The minimum atomic E-state index is 0.850. The fourth-order valence-electron chi connectivity index (χ4n) is 10.2. The molecule has 0 amide bonds. The van der Waals surface area contributed by atoms with Crippen LogP contribution in [0, 0.1) is 0 Å². The van der Waals surface area contributed by atoms with E-state index in [0.717, 1.165) is 68.4 Å². The highest BCUT2D eigenvalue weighted by Crippen LogP contribution is 2.40. The summed E-state index contributed by atoms with van der Waals surface area (Å²) in [6.07, 6.45) is 0. The molecular weight excluding hydrogens is 1000 g/mol. The van der Waals surface area contributed by atoms with Gasteiger partial charge in [0.1, 0.15) is 11.5 Å². The van der Waals surface area contributed by atoms with E-state index in [-0.39, 0.29) is 0 Å². The van der Waals surface area contributed by atoms with Gasteiger partial charge in [0.2, 0.25) is 0 Å². The molecule has 12 rings (SSSR count). The molecule has 0 aliphatic carbocycles. The van der Waals surface area contributed by atoms with E-state index < -0.39 is 0 Å². The maximum atomic E-state index is 5.39. The average molecular weight is 1070 g/mol. The Morgan fingerprint density at radius 1 is 0.195 bits per heavy atom. The lowest BCUT2D eigenvalue weighted by atomic mass is 10.0. The molecular formula is C76H64N4O2. The zero-order chi connectivity index (χ0) is 56.0. The van der Waals surface area contributed by atoms with Crippen molar-refractivity contribution >= 4 is 56.9 Å². The second kappa shape index (κ2) is 25.5. The summed E-state index contributed by atoms with van der Waals surface area (Å²) in [7, 11) is 7.53. The van der Waals surface area contributed by atoms with E-state index in [2.05, 4.69) is 307 Å². The van der Waals surface area contributed by atoms with Gasteiger partial charge in [-0.15, -0.1) is 0 Å². The smallest absolute Gasteiger partial charge is 0.120 e. The van der Waals surface area contributed by atoms with Crippen LogP contribution in [0.5, 0.6) is 11.5 Å². The van der Waals surface area contributed by atoms with Crippen molar-refractivity contribution in [3.8, 4) is 56.0 Å². The van der Waals surface area contributed by atoms with E-state index in [9.17, 15) is 0 Å². The van der Waals surface area contributed by atoms with Crippen molar-refractivity contribution in [3.05, 3.63) is 315 Å². The Morgan fingerprint density at radius 3 is 0.732 bits per heavy atom. The summed E-state index contributed by atoms with van der Waals surface area (Å²) in [4.78, 5) is 8.93. The molecule has 0 bridgehead atoms. The van der Waals surface area contributed by atoms with Crippen LogP contribution in [0.3, 0.4) is 0 Å². The van der Waals surface area contributed by atoms with Gasteiger partial charge in [0.15, 0.2) is 0 Å². The molecule has 0 heterocycles. The average Bonchev–Trinajstić information content (AvgIpc) is 3.76. The summed E-state index contributed by atoms with van der Waals surface area (Å²) >= 11 is 0. The maximum absolute atomic E-state index is 5.39. The van der Waals surface area contributed by atoms with E-state index in [4.69, 9.17) is 9.47 Å². The molecule has 12 aromatic rings.